The summed E-state index contributed by atoms with van der Waals surface area (Å²) in [5.41, 5.74) is 5.30. The molecule has 0 heterocycles. The van der Waals surface area contributed by atoms with Crippen molar-refractivity contribution in [2.75, 3.05) is 20.3 Å². The van der Waals surface area contributed by atoms with Gasteiger partial charge in [0.15, 0.2) is 0 Å². The third-order valence-corrected chi connectivity index (χ3v) is 4.23. The van der Waals surface area contributed by atoms with Crippen LogP contribution in [0, 0.1) is 13.8 Å². The van der Waals surface area contributed by atoms with Crippen LogP contribution in [0.5, 0.6) is 11.5 Å². The second-order valence-corrected chi connectivity index (χ2v) is 6.42. The van der Waals surface area contributed by atoms with Crippen molar-refractivity contribution in [1.82, 2.24) is 0 Å². The lowest BCUT2D eigenvalue weighted by atomic mass is 10.1. The Morgan fingerprint density at radius 3 is 2.48 bits per heavy atom. The first-order chi connectivity index (χ1) is 13.0. The Kier molecular flexibility index (Phi) is 7.93. The molecule has 4 nitrogen and oxygen atoms in total. The smallest absolute Gasteiger partial charge is 0.125 e. The number of ether oxygens (including phenoxy) is 2. The highest BCUT2D eigenvalue weighted by Crippen LogP contribution is 2.28. The van der Waals surface area contributed by atoms with E-state index in [0.717, 1.165) is 40.3 Å². The molecule has 0 unspecified atom stereocenters. The summed E-state index contributed by atoms with van der Waals surface area (Å²) in [5, 5.41) is 3.99. The molecule has 0 aromatic heterocycles. The molecule has 0 bridgehead atoms. The molecule has 0 fully saturated rings. The molecule has 2 rings (SSSR count). The van der Waals surface area contributed by atoms with Crippen molar-refractivity contribution in [2.45, 2.75) is 34.1 Å². The average Bonchev–Trinajstić information content (AvgIpc) is 2.64. The first-order valence-electron chi connectivity index (χ1n) is 9.20. The first kappa shape index (κ1) is 20.6. The van der Waals surface area contributed by atoms with Crippen molar-refractivity contribution < 1.29 is 14.3 Å². The molecule has 0 aliphatic heterocycles. The average molecular weight is 367 g/mol. The number of hydrogen-bond acceptors (Lipinski definition) is 4. The molecule has 0 amide bonds. The fraction of sp³-hybridized carbons (Fsp3) is 0.348. The van der Waals surface area contributed by atoms with E-state index in [2.05, 4.69) is 31.1 Å². The quantitative estimate of drug-likeness (QED) is 0.345. The summed E-state index contributed by atoms with van der Waals surface area (Å²) in [6.07, 6.45) is 4.80. The molecule has 2 aromatic rings. The maximum Gasteiger partial charge on any atom is 0.125 e. The molecule has 0 saturated carbocycles. The number of hydrogen-bond donors (Lipinski definition) is 0. The van der Waals surface area contributed by atoms with Gasteiger partial charge in [-0.3, -0.25) is 0 Å². The van der Waals surface area contributed by atoms with Gasteiger partial charge >= 0.3 is 0 Å². The van der Waals surface area contributed by atoms with E-state index in [4.69, 9.17) is 14.3 Å². The number of nitrogens with zero attached hydrogens (tertiary/aromatic N) is 1. The van der Waals surface area contributed by atoms with Gasteiger partial charge in [0.25, 0.3) is 0 Å². The fourth-order valence-corrected chi connectivity index (χ4v) is 2.87. The number of benzene rings is 2. The van der Waals surface area contributed by atoms with Crippen molar-refractivity contribution in [1.29, 1.82) is 0 Å². The van der Waals surface area contributed by atoms with Gasteiger partial charge in [-0.25, -0.2) is 0 Å². The monoisotopic (exact) mass is 367 g/mol. The maximum absolute atomic E-state index is 6.08. The molecule has 0 aliphatic rings. The van der Waals surface area contributed by atoms with Crippen molar-refractivity contribution in [3.05, 3.63) is 70.8 Å². The molecule has 0 spiro atoms. The van der Waals surface area contributed by atoms with Gasteiger partial charge in [-0.05, 0) is 68.1 Å². The molecule has 0 N–H and O–H groups in total. The van der Waals surface area contributed by atoms with Gasteiger partial charge in [0.2, 0.25) is 0 Å². The van der Waals surface area contributed by atoms with Crippen molar-refractivity contribution in [2.24, 2.45) is 5.16 Å². The maximum atomic E-state index is 6.08. The molecule has 0 saturated heterocycles. The predicted molar refractivity (Wildman–Crippen MR) is 111 cm³/mol. The summed E-state index contributed by atoms with van der Waals surface area (Å²) >= 11 is 0. The van der Waals surface area contributed by atoms with E-state index in [-0.39, 0.29) is 0 Å². The van der Waals surface area contributed by atoms with Gasteiger partial charge in [-0.15, -0.1) is 0 Å². The van der Waals surface area contributed by atoms with Crippen molar-refractivity contribution in [3.8, 4) is 11.5 Å². The molecule has 4 heteroatoms. The van der Waals surface area contributed by atoms with E-state index in [9.17, 15) is 0 Å². The molecule has 0 aliphatic carbocycles. The minimum Gasteiger partial charge on any atom is -0.493 e. The summed E-state index contributed by atoms with van der Waals surface area (Å²) in [6.45, 7) is 9.22. The zero-order valence-corrected chi connectivity index (χ0v) is 16.9. The van der Waals surface area contributed by atoms with E-state index in [1.807, 2.05) is 50.3 Å². The van der Waals surface area contributed by atoms with Gasteiger partial charge in [-0.2, -0.15) is 0 Å². The van der Waals surface area contributed by atoms with Crippen LogP contribution in [-0.2, 0) is 11.3 Å². The predicted octanol–water partition coefficient (Wildman–Crippen LogP) is 5.25. The van der Waals surface area contributed by atoms with Crippen LogP contribution in [0.15, 0.2) is 53.7 Å². The van der Waals surface area contributed by atoms with E-state index >= 15 is 0 Å². The van der Waals surface area contributed by atoms with E-state index < -0.39 is 0 Å². The lowest BCUT2D eigenvalue weighted by Crippen LogP contribution is -2.05. The highest BCUT2D eigenvalue weighted by molar-refractivity contribution is 5.98. The molecule has 0 atom stereocenters. The Morgan fingerprint density at radius 1 is 1.07 bits per heavy atom. The summed E-state index contributed by atoms with van der Waals surface area (Å²) in [6, 6.07) is 12.3. The minimum absolute atomic E-state index is 0.581. The number of allylic oxidation sites excluding steroid dienone is 1. The van der Waals surface area contributed by atoms with Crippen LogP contribution in [0.2, 0.25) is 0 Å². The molecule has 0 radical (unpaired) electrons. The van der Waals surface area contributed by atoms with E-state index in [0.29, 0.717) is 13.2 Å². The Labute approximate surface area is 162 Å². The Balaban J connectivity index is 1.99. The standard InChI is InChI=1S/C23H29NO3/c1-6-7-12-26-22-14-17(2)23(18(3)15-22)27-13-11-20-9-8-10-21(16-20)19(4)24-25-5/h6-10,14-16H,11-13H2,1-5H3/b7-6+,24-19+. The zero-order chi connectivity index (χ0) is 19.6. The lowest BCUT2D eigenvalue weighted by molar-refractivity contribution is 0.213. The third-order valence-electron chi connectivity index (χ3n) is 4.23. The second-order valence-electron chi connectivity index (χ2n) is 6.42. The fourth-order valence-electron chi connectivity index (χ4n) is 2.87. The SMILES string of the molecule is C/C=C/COc1cc(C)c(OCCc2cccc(/C(C)=N/OC)c2)c(C)c1. The molecule has 2 aromatic carbocycles. The summed E-state index contributed by atoms with van der Waals surface area (Å²) in [4.78, 5) is 4.85. The number of rotatable bonds is 9. The Hall–Kier alpha value is -2.75. The van der Waals surface area contributed by atoms with Gasteiger partial charge < -0.3 is 14.3 Å². The van der Waals surface area contributed by atoms with Gasteiger partial charge in [0, 0.05) is 6.42 Å². The number of oxime groups is 1. The van der Waals surface area contributed by atoms with Crippen molar-refractivity contribution >= 4 is 5.71 Å². The minimum atomic E-state index is 0.581. The second kappa shape index (κ2) is 10.4. The normalized spacial score (nSPS) is 11.7. The third kappa shape index (κ3) is 6.17. The Morgan fingerprint density at radius 2 is 1.81 bits per heavy atom. The van der Waals surface area contributed by atoms with Crippen molar-refractivity contribution in [3.63, 3.8) is 0 Å². The van der Waals surface area contributed by atoms with Gasteiger partial charge in [-0.1, -0.05) is 35.5 Å². The van der Waals surface area contributed by atoms with E-state index in [1.54, 1.807) is 7.11 Å². The van der Waals surface area contributed by atoms with Crippen LogP contribution in [0.4, 0.5) is 0 Å². The van der Waals surface area contributed by atoms with Crippen LogP contribution < -0.4 is 9.47 Å². The first-order valence-corrected chi connectivity index (χ1v) is 9.20. The van der Waals surface area contributed by atoms with Crippen LogP contribution >= 0.6 is 0 Å². The van der Waals surface area contributed by atoms with Crippen LogP contribution in [-0.4, -0.2) is 26.0 Å². The number of aryl methyl sites for hydroxylation is 2. The van der Waals surface area contributed by atoms with Crippen LogP contribution in [0.1, 0.15) is 36.1 Å². The van der Waals surface area contributed by atoms with Crippen LogP contribution in [0.25, 0.3) is 0 Å². The van der Waals surface area contributed by atoms with Crippen LogP contribution in [0.3, 0.4) is 0 Å². The Bertz CT molecular complexity index is 786. The lowest BCUT2D eigenvalue weighted by Gasteiger charge is -2.14. The summed E-state index contributed by atoms with van der Waals surface area (Å²) in [5.74, 6) is 1.80. The van der Waals surface area contributed by atoms with Gasteiger partial charge in [0.05, 0.1) is 12.3 Å². The topological polar surface area (TPSA) is 40.0 Å². The molecule has 27 heavy (non-hydrogen) atoms. The molecular formula is C23H29NO3. The summed E-state index contributed by atoms with van der Waals surface area (Å²) < 4.78 is 11.8. The highest BCUT2D eigenvalue weighted by atomic mass is 16.6. The molecule has 144 valence electrons. The van der Waals surface area contributed by atoms with Gasteiger partial charge in [0.1, 0.15) is 25.2 Å². The highest BCUT2D eigenvalue weighted by Gasteiger charge is 2.08. The molecular weight excluding hydrogens is 338 g/mol. The summed E-state index contributed by atoms with van der Waals surface area (Å²) in [7, 11) is 1.56. The zero-order valence-electron chi connectivity index (χ0n) is 16.9. The largest absolute Gasteiger partial charge is 0.493 e. The van der Waals surface area contributed by atoms with E-state index in [1.165, 1.54) is 5.56 Å².